The Morgan fingerprint density at radius 1 is 1.18 bits per heavy atom. The minimum atomic E-state index is -3.44. The molecule has 0 atom stereocenters. The monoisotopic (exact) mass is 570 g/mol. The van der Waals surface area contributed by atoms with Crippen LogP contribution in [0.1, 0.15) is 39.5 Å². The fourth-order valence-electron chi connectivity index (χ4n) is 4.23. The van der Waals surface area contributed by atoms with Crippen molar-refractivity contribution in [2.24, 2.45) is 5.92 Å². The van der Waals surface area contributed by atoms with E-state index in [1.54, 1.807) is 24.3 Å². The summed E-state index contributed by atoms with van der Waals surface area (Å²) in [6, 6.07) is 6.57. The number of ether oxygens (including phenoxy) is 1. The van der Waals surface area contributed by atoms with Gasteiger partial charge in [-0.3, -0.25) is 0 Å². The average Bonchev–Trinajstić information content (AvgIpc) is 3.46. The second-order valence-corrected chi connectivity index (χ2v) is 12.1. The number of rotatable bonds is 11. The second-order valence-electron chi connectivity index (χ2n) is 9.89. The summed E-state index contributed by atoms with van der Waals surface area (Å²) in [7, 11) is -3.44. The van der Waals surface area contributed by atoms with Crippen LogP contribution in [0, 0.1) is 5.92 Å². The maximum absolute atomic E-state index is 13.0. The Balaban J connectivity index is 1.54. The molecule has 12 heteroatoms. The molecule has 0 saturated carbocycles. The number of allylic oxidation sites excluding steroid dienone is 3. The Labute approximate surface area is 233 Å². The molecule has 1 aliphatic rings. The van der Waals surface area contributed by atoms with Crippen LogP contribution >= 0.6 is 0 Å². The number of anilines is 1. The van der Waals surface area contributed by atoms with Gasteiger partial charge in [0.25, 0.3) is 5.89 Å². The molecule has 1 aliphatic heterocycles. The summed E-state index contributed by atoms with van der Waals surface area (Å²) >= 11 is 0. The lowest BCUT2D eigenvalue weighted by Crippen LogP contribution is -2.28. The van der Waals surface area contributed by atoms with Gasteiger partial charge in [0.15, 0.2) is 21.3 Å². The van der Waals surface area contributed by atoms with E-state index in [2.05, 4.69) is 39.3 Å². The van der Waals surface area contributed by atoms with Crippen molar-refractivity contribution < 1.29 is 22.0 Å². The van der Waals surface area contributed by atoms with Gasteiger partial charge in [0.1, 0.15) is 6.67 Å². The standard InChI is InChI=1S/C28H35FN6O4S/c1-18(2)21(16-31-13-12-29)5-4-19(3)27-34-35-28(39-27)25-26(30)32-17-24(33-25)20-6-8-22(9-7-20)40(36,37)23-10-14-38-15-11-23/h4-9,17-18,23,31H,10-16H2,1-3H3,(H2,30,32)/b19-4+,21-5-. The second kappa shape index (κ2) is 13.2. The van der Waals surface area contributed by atoms with Crippen molar-refractivity contribution in [2.75, 3.05) is 38.7 Å². The molecule has 1 saturated heterocycles. The van der Waals surface area contributed by atoms with Crippen molar-refractivity contribution in [1.82, 2.24) is 25.5 Å². The molecule has 0 spiro atoms. The molecular weight excluding hydrogens is 535 g/mol. The van der Waals surface area contributed by atoms with E-state index in [0.717, 1.165) is 11.1 Å². The van der Waals surface area contributed by atoms with Gasteiger partial charge in [-0.25, -0.2) is 22.8 Å². The van der Waals surface area contributed by atoms with Crippen molar-refractivity contribution in [3.63, 3.8) is 0 Å². The largest absolute Gasteiger partial charge is 0.415 e. The highest BCUT2D eigenvalue weighted by atomic mass is 32.2. The third-order valence-electron chi connectivity index (χ3n) is 6.74. The SMILES string of the molecule is C/C(=C\C=C(\CNCCF)C(C)C)c1nnc(-c2nc(-c3ccc(S(=O)(=O)C4CCOCC4)cc3)cnc2N)o1. The highest BCUT2D eigenvalue weighted by Gasteiger charge is 2.29. The molecule has 2 aromatic heterocycles. The first-order chi connectivity index (χ1) is 19.2. The average molecular weight is 571 g/mol. The lowest BCUT2D eigenvalue weighted by Gasteiger charge is -2.22. The summed E-state index contributed by atoms with van der Waals surface area (Å²) in [5, 5.41) is 10.9. The molecule has 4 rings (SSSR count). The number of nitrogens with one attached hydrogen (secondary N) is 1. The van der Waals surface area contributed by atoms with Gasteiger partial charge < -0.3 is 20.2 Å². The normalized spacial score (nSPS) is 15.6. The minimum absolute atomic E-state index is 0.117. The summed E-state index contributed by atoms with van der Waals surface area (Å²) < 4.78 is 49.6. The number of hydrogen-bond acceptors (Lipinski definition) is 10. The molecular formula is C28H35FN6O4S. The number of benzene rings is 1. The van der Waals surface area contributed by atoms with Crippen molar-refractivity contribution in [3.8, 4) is 22.8 Å². The fraction of sp³-hybridized carbons (Fsp3) is 0.429. The molecule has 0 amide bonds. The molecule has 3 aromatic rings. The Hall–Kier alpha value is -3.48. The smallest absolute Gasteiger partial charge is 0.270 e. The maximum atomic E-state index is 13.0. The summed E-state index contributed by atoms with van der Waals surface area (Å²) in [5.41, 5.74) is 9.33. The van der Waals surface area contributed by atoms with E-state index in [-0.39, 0.29) is 28.2 Å². The van der Waals surface area contributed by atoms with Crippen LogP contribution in [0.15, 0.2) is 57.5 Å². The Morgan fingerprint density at radius 2 is 1.90 bits per heavy atom. The van der Waals surface area contributed by atoms with E-state index >= 15 is 0 Å². The van der Waals surface area contributed by atoms with Gasteiger partial charge in [0.05, 0.1) is 22.0 Å². The molecule has 40 heavy (non-hydrogen) atoms. The van der Waals surface area contributed by atoms with Crippen molar-refractivity contribution in [2.45, 2.75) is 43.8 Å². The topological polar surface area (TPSA) is 146 Å². The lowest BCUT2D eigenvalue weighted by molar-refractivity contribution is 0.0983. The van der Waals surface area contributed by atoms with Crippen LogP contribution in [-0.2, 0) is 14.6 Å². The van der Waals surface area contributed by atoms with Crippen LogP contribution in [0.2, 0.25) is 0 Å². The molecule has 0 unspecified atom stereocenters. The van der Waals surface area contributed by atoms with E-state index < -0.39 is 21.8 Å². The number of sulfone groups is 1. The molecule has 214 valence electrons. The van der Waals surface area contributed by atoms with Crippen molar-refractivity contribution in [3.05, 3.63) is 54.1 Å². The molecule has 0 bridgehead atoms. The van der Waals surface area contributed by atoms with Crippen LogP contribution < -0.4 is 11.1 Å². The van der Waals surface area contributed by atoms with Crippen LogP contribution in [0.3, 0.4) is 0 Å². The number of halogens is 1. The molecule has 3 heterocycles. The number of nitrogens with two attached hydrogens (primary N) is 1. The zero-order valence-electron chi connectivity index (χ0n) is 22.9. The lowest BCUT2D eigenvalue weighted by atomic mass is 10.0. The minimum Gasteiger partial charge on any atom is -0.415 e. The molecule has 10 nitrogen and oxygen atoms in total. The van der Waals surface area contributed by atoms with Gasteiger partial charge >= 0.3 is 0 Å². The highest BCUT2D eigenvalue weighted by molar-refractivity contribution is 7.92. The van der Waals surface area contributed by atoms with E-state index in [9.17, 15) is 12.8 Å². The number of hydrogen-bond donors (Lipinski definition) is 2. The third kappa shape index (κ3) is 6.98. The molecule has 0 aliphatic carbocycles. The summed E-state index contributed by atoms with van der Waals surface area (Å²) in [6.45, 7) is 7.38. The van der Waals surface area contributed by atoms with E-state index in [0.29, 0.717) is 56.3 Å². The Kier molecular flexibility index (Phi) is 9.77. The van der Waals surface area contributed by atoms with Crippen molar-refractivity contribution >= 4 is 21.2 Å². The van der Waals surface area contributed by atoms with Crippen LogP contribution in [-0.4, -0.2) is 66.8 Å². The van der Waals surface area contributed by atoms with Gasteiger partial charge in [-0.2, -0.15) is 0 Å². The quantitative estimate of drug-likeness (QED) is 0.253. The van der Waals surface area contributed by atoms with Gasteiger partial charge in [0, 0.05) is 37.4 Å². The maximum Gasteiger partial charge on any atom is 0.270 e. The van der Waals surface area contributed by atoms with Crippen molar-refractivity contribution in [1.29, 1.82) is 0 Å². The molecule has 0 radical (unpaired) electrons. The zero-order chi connectivity index (χ0) is 28.7. The first-order valence-electron chi connectivity index (χ1n) is 13.2. The fourth-order valence-corrected chi connectivity index (χ4v) is 5.94. The van der Waals surface area contributed by atoms with Crippen LogP contribution in [0.25, 0.3) is 28.4 Å². The summed E-state index contributed by atoms with van der Waals surface area (Å²) in [5.74, 6) is 0.829. The number of aromatic nitrogens is 4. The van der Waals surface area contributed by atoms with Gasteiger partial charge in [0.2, 0.25) is 5.89 Å². The molecule has 3 N–H and O–H groups in total. The van der Waals surface area contributed by atoms with Gasteiger partial charge in [-0.1, -0.05) is 43.7 Å². The number of nitrogen functional groups attached to an aromatic ring is 1. The summed E-state index contributed by atoms with van der Waals surface area (Å²) in [6.07, 6.45) is 6.34. The predicted octanol–water partition coefficient (Wildman–Crippen LogP) is 4.27. The van der Waals surface area contributed by atoms with E-state index in [1.165, 1.54) is 6.20 Å². The van der Waals surface area contributed by atoms with E-state index in [1.807, 2.05) is 19.1 Å². The Morgan fingerprint density at radius 3 is 2.58 bits per heavy atom. The van der Waals surface area contributed by atoms with Gasteiger partial charge in [-0.15, -0.1) is 10.2 Å². The number of nitrogens with zero attached hydrogens (tertiary/aromatic N) is 4. The predicted molar refractivity (Wildman–Crippen MR) is 152 cm³/mol. The highest BCUT2D eigenvalue weighted by Crippen LogP contribution is 2.29. The first kappa shape index (κ1) is 29.5. The molecule has 1 fully saturated rings. The third-order valence-corrected chi connectivity index (χ3v) is 9.02. The Bertz CT molecular complexity index is 1460. The van der Waals surface area contributed by atoms with E-state index in [4.69, 9.17) is 14.9 Å². The van der Waals surface area contributed by atoms with Gasteiger partial charge in [-0.05, 0) is 37.8 Å². The first-order valence-corrected chi connectivity index (χ1v) is 14.8. The molecule has 1 aromatic carbocycles. The van der Waals surface area contributed by atoms with Crippen LogP contribution in [0.5, 0.6) is 0 Å². The zero-order valence-corrected chi connectivity index (χ0v) is 23.7. The summed E-state index contributed by atoms with van der Waals surface area (Å²) in [4.78, 5) is 9.10. The number of alkyl halides is 1. The van der Waals surface area contributed by atoms with Crippen LogP contribution in [0.4, 0.5) is 10.2 Å².